The molecular weight excluding hydrogens is 154 g/mol. The Hall–Kier alpha value is -1.34. The highest BCUT2D eigenvalue weighted by molar-refractivity contribution is 4.72. The van der Waals surface area contributed by atoms with Crippen LogP contribution in [0.5, 0.6) is 0 Å². The molecule has 0 aromatic carbocycles. The Labute approximate surface area is 71.6 Å². The van der Waals surface area contributed by atoms with E-state index < -0.39 is 0 Å². The minimum absolute atomic E-state index is 0.543. The Bertz CT molecular complexity index is 274. The summed E-state index contributed by atoms with van der Waals surface area (Å²) in [6.07, 6.45) is 6.31. The minimum atomic E-state index is 0.543. The molecule has 0 aliphatic heterocycles. The predicted molar refractivity (Wildman–Crippen MR) is 41.9 cm³/mol. The molecule has 12 heavy (non-hydrogen) atoms. The molecule has 1 heterocycles. The van der Waals surface area contributed by atoms with Crippen molar-refractivity contribution in [2.24, 2.45) is 0 Å². The maximum absolute atomic E-state index is 8.34. The van der Waals surface area contributed by atoms with E-state index in [1.165, 1.54) is 0 Å². The van der Waals surface area contributed by atoms with Crippen molar-refractivity contribution in [1.82, 2.24) is 4.57 Å². The minimum Gasteiger partial charge on any atom is -0.345 e. The van der Waals surface area contributed by atoms with Gasteiger partial charge in [-0.05, 0) is 0 Å². The van der Waals surface area contributed by atoms with E-state index in [2.05, 4.69) is 6.07 Å². The van der Waals surface area contributed by atoms with Gasteiger partial charge in [0.05, 0.1) is 12.5 Å². The zero-order chi connectivity index (χ0) is 8.81. The van der Waals surface area contributed by atoms with Crippen molar-refractivity contribution >= 4 is 0 Å². The van der Waals surface area contributed by atoms with Gasteiger partial charge in [-0.3, -0.25) is 0 Å². The van der Waals surface area contributed by atoms with Crippen molar-refractivity contribution in [3.8, 4) is 6.07 Å². The maximum atomic E-state index is 8.34. The van der Waals surface area contributed by atoms with Crippen LogP contribution < -0.4 is 4.57 Å². The lowest BCUT2D eigenvalue weighted by molar-refractivity contribution is -0.730. The molecule has 0 spiro atoms. The third kappa shape index (κ3) is 2.36. The van der Waals surface area contributed by atoms with Crippen molar-refractivity contribution in [3.63, 3.8) is 0 Å². The number of aromatic nitrogens is 2. The van der Waals surface area contributed by atoms with Gasteiger partial charge in [-0.2, -0.15) is 5.26 Å². The van der Waals surface area contributed by atoms with Gasteiger partial charge in [-0.1, -0.05) is 0 Å². The number of aryl methyl sites for hydroxylation is 1. The summed E-state index contributed by atoms with van der Waals surface area (Å²) in [4.78, 5) is 0. The number of hydrogen-bond acceptors (Lipinski definition) is 2. The third-order valence-electron chi connectivity index (χ3n) is 1.51. The first kappa shape index (κ1) is 8.75. The summed E-state index contributed by atoms with van der Waals surface area (Å²) < 4.78 is 8.80. The Balaban J connectivity index is 2.47. The molecule has 0 atom stereocenters. The molecular formula is C8H12N3O+. The van der Waals surface area contributed by atoms with Crippen LogP contribution in [-0.2, 0) is 18.0 Å². The average molecular weight is 166 g/mol. The SMILES string of the molecule is COC[n+]1ccn(CCC#N)c1. The van der Waals surface area contributed by atoms with Crippen molar-refractivity contribution in [2.75, 3.05) is 7.11 Å². The van der Waals surface area contributed by atoms with Crippen molar-refractivity contribution in [2.45, 2.75) is 19.7 Å². The van der Waals surface area contributed by atoms with Crippen LogP contribution in [0.15, 0.2) is 18.7 Å². The first-order valence-electron chi connectivity index (χ1n) is 3.77. The number of nitriles is 1. The summed E-state index contributed by atoms with van der Waals surface area (Å²) in [5, 5.41) is 8.34. The average Bonchev–Trinajstić information content (AvgIpc) is 2.50. The van der Waals surface area contributed by atoms with E-state index in [1.54, 1.807) is 7.11 Å². The fourth-order valence-corrected chi connectivity index (χ4v) is 0.976. The molecule has 0 radical (unpaired) electrons. The number of imidazole rings is 1. The van der Waals surface area contributed by atoms with Gasteiger partial charge >= 0.3 is 0 Å². The highest BCUT2D eigenvalue weighted by Crippen LogP contribution is 1.87. The lowest BCUT2D eigenvalue weighted by Crippen LogP contribution is -2.31. The molecule has 0 saturated heterocycles. The summed E-state index contributed by atoms with van der Waals surface area (Å²) in [7, 11) is 1.65. The second-order valence-electron chi connectivity index (χ2n) is 2.49. The normalized spacial score (nSPS) is 9.67. The van der Waals surface area contributed by atoms with Gasteiger partial charge in [-0.25, -0.2) is 9.13 Å². The van der Waals surface area contributed by atoms with Crippen LogP contribution in [0.25, 0.3) is 0 Å². The molecule has 0 amide bonds. The second kappa shape index (κ2) is 4.52. The number of methoxy groups -OCH3 is 1. The van der Waals surface area contributed by atoms with Crippen LogP contribution in [0.2, 0.25) is 0 Å². The molecule has 64 valence electrons. The summed E-state index contributed by atoms with van der Waals surface area (Å²) in [5.74, 6) is 0. The van der Waals surface area contributed by atoms with Gasteiger partial charge in [0.15, 0.2) is 6.73 Å². The predicted octanol–water partition coefficient (Wildman–Crippen LogP) is 0.293. The van der Waals surface area contributed by atoms with Gasteiger partial charge in [-0.15, -0.1) is 0 Å². The van der Waals surface area contributed by atoms with Crippen LogP contribution in [0.1, 0.15) is 6.42 Å². The monoisotopic (exact) mass is 166 g/mol. The zero-order valence-electron chi connectivity index (χ0n) is 7.10. The van der Waals surface area contributed by atoms with E-state index in [4.69, 9.17) is 10.00 Å². The van der Waals surface area contributed by atoms with Crippen molar-refractivity contribution in [1.29, 1.82) is 5.26 Å². The molecule has 0 aliphatic carbocycles. The Morgan fingerprint density at radius 2 is 2.50 bits per heavy atom. The van der Waals surface area contributed by atoms with Crippen LogP contribution >= 0.6 is 0 Å². The molecule has 0 fully saturated rings. The highest BCUT2D eigenvalue weighted by atomic mass is 16.5. The number of rotatable bonds is 4. The van der Waals surface area contributed by atoms with E-state index in [9.17, 15) is 0 Å². The fraction of sp³-hybridized carbons (Fsp3) is 0.500. The molecule has 1 aromatic heterocycles. The number of hydrogen-bond donors (Lipinski definition) is 0. The van der Waals surface area contributed by atoms with E-state index in [0.29, 0.717) is 13.2 Å². The molecule has 1 aromatic rings. The third-order valence-corrected chi connectivity index (χ3v) is 1.51. The lowest BCUT2D eigenvalue weighted by Gasteiger charge is -1.90. The number of nitrogens with zero attached hydrogens (tertiary/aromatic N) is 3. The van der Waals surface area contributed by atoms with Crippen LogP contribution in [-0.4, -0.2) is 11.7 Å². The molecule has 0 unspecified atom stereocenters. The Morgan fingerprint density at radius 3 is 3.17 bits per heavy atom. The van der Waals surface area contributed by atoms with Crippen molar-refractivity contribution < 1.29 is 9.30 Å². The number of ether oxygens (including phenoxy) is 1. The largest absolute Gasteiger partial charge is 0.345 e. The lowest BCUT2D eigenvalue weighted by atomic mass is 10.5. The van der Waals surface area contributed by atoms with Gasteiger partial charge in [0, 0.05) is 7.11 Å². The van der Waals surface area contributed by atoms with Crippen LogP contribution in [0, 0.1) is 11.3 Å². The summed E-state index contributed by atoms with van der Waals surface area (Å²) in [6, 6.07) is 2.10. The van der Waals surface area contributed by atoms with E-state index in [-0.39, 0.29) is 0 Å². The molecule has 0 bridgehead atoms. The maximum Gasteiger partial charge on any atom is 0.245 e. The van der Waals surface area contributed by atoms with E-state index in [1.807, 2.05) is 27.9 Å². The topological polar surface area (TPSA) is 41.8 Å². The van der Waals surface area contributed by atoms with E-state index >= 15 is 0 Å². The first-order chi connectivity index (χ1) is 5.86. The zero-order valence-corrected chi connectivity index (χ0v) is 7.10. The Kier molecular flexibility index (Phi) is 3.30. The Morgan fingerprint density at radius 1 is 1.67 bits per heavy atom. The molecule has 0 aliphatic rings. The molecule has 0 N–H and O–H groups in total. The molecule has 4 heteroatoms. The fourth-order valence-electron chi connectivity index (χ4n) is 0.976. The molecule has 4 nitrogen and oxygen atoms in total. The smallest absolute Gasteiger partial charge is 0.245 e. The van der Waals surface area contributed by atoms with Gasteiger partial charge in [0.1, 0.15) is 18.9 Å². The summed E-state index contributed by atoms with van der Waals surface area (Å²) in [5.41, 5.74) is 0. The standard InChI is InChI=1S/C8H12N3O/c1-12-8-11-6-5-10(7-11)4-2-3-9/h5-7H,2,4,8H2,1H3/q+1. The first-order valence-corrected chi connectivity index (χ1v) is 3.77. The van der Waals surface area contributed by atoms with Crippen molar-refractivity contribution in [3.05, 3.63) is 18.7 Å². The van der Waals surface area contributed by atoms with Crippen LogP contribution in [0.4, 0.5) is 0 Å². The van der Waals surface area contributed by atoms with Gasteiger partial charge in [0.2, 0.25) is 6.33 Å². The molecule has 0 saturated carbocycles. The molecule has 1 rings (SSSR count). The summed E-state index contributed by atoms with van der Waals surface area (Å²) in [6.45, 7) is 1.30. The highest BCUT2D eigenvalue weighted by Gasteiger charge is 2.00. The van der Waals surface area contributed by atoms with Crippen LogP contribution in [0.3, 0.4) is 0 Å². The quantitative estimate of drug-likeness (QED) is 0.603. The van der Waals surface area contributed by atoms with Gasteiger partial charge < -0.3 is 4.74 Å². The second-order valence-corrected chi connectivity index (χ2v) is 2.49. The summed E-state index contributed by atoms with van der Waals surface area (Å²) >= 11 is 0. The van der Waals surface area contributed by atoms with Gasteiger partial charge in [0.25, 0.3) is 0 Å². The van der Waals surface area contributed by atoms with E-state index in [0.717, 1.165) is 6.54 Å².